The van der Waals surface area contributed by atoms with Gasteiger partial charge in [-0.2, -0.15) is 5.10 Å². The van der Waals surface area contributed by atoms with Crippen LogP contribution in [0.4, 0.5) is 0 Å². The van der Waals surface area contributed by atoms with E-state index in [1.54, 1.807) is 20.8 Å². The van der Waals surface area contributed by atoms with Gasteiger partial charge in [-0.3, -0.25) is 0 Å². The van der Waals surface area contributed by atoms with E-state index in [2.05, 4.69) is 15.2 Å². The third-order valence-electron chi connectivity index (χ3n) is 1.31. The van der Waals surface area contributed by atoms with Crippen molar-refractivity contribution in [1.82, 2.24) is 15.2 Å². The summed E-state index contributed by atoms with van der Waals surface area (Å²) in [7, 11) is 0. The molecule has 1 heterocycles. The molecule has 0 aliphatic heterocycles. The average Bonchev–Trinajstić information content (AvgIpc) is 2.02. The number of aryl methyl sites for hydroxylation is 1. The highest BCUT2D eigenvalue weighted by Gasteiger charge is 2.15. The highest BCUT2D eigenvalue weighted by Crippen LogP contribution is 2.17. The lowest BCUT2D eigenvalue weighted by Gasteiger charge is -2.16. The van der Waals surface area contributed by atoms with Crippen LogP contribution in [-0.4, -0.2) is 15.2 Å². The maximum Gasteiger partial charge on any atom is 0.148 e. The van der Waals surface area contributed by atoms with Crippen molar-refractivity contribution >= 4 is 0 Å². The van der Waals surface area contributed by atoms with Gasteiger partial charge in [0.05, 0.1) is 11.9 Å². The first-order valence-corrected chi connectivity index (χ1v) is 3.42. The molecule has 0 saturated heterocycles. The number of hydrogen-bond acceptors (Lipinski definition) is 3. The summed E-state index contributed by atoms with van der Waals surface area (Å²) in [6.07, 6.45) is 1.40. The van der Waals surface area contributed by atoms with Crippen molar-refractivity contribution in [2.24, 2.45) is 0 Å². The lowest BCUT2D eigenvalue weighted by molar-refractivity contribution is 0.557. The van der Waals surface area contributed by atoms with Crippen molar-refractivity contribution in [3.8, 4) is 0 Å². The third-order valence-corrected chi connectivity index (χ3v) is 1.31. The van der Waals surface area contributed by atoms with Gasteiger partial charge in [0.25, 0.3) is 0 Å². The zero-order valence-corrected chi connectivity index (χ0v) is 6.92. The monoisotopic (exact) mass is 154 g/mol. The summed E-state index contributed by atoms with van der Waals surface area (Å²) in [6.45, 7) is 2.86. The van der Waals surface area contributed by atoms with Gasteiger partial charge in [-0.05, 0) is 6.92 Å². The van der Waals surface area contributed by atoms with E-state index in [9.17, 15) is 0 Å². The van der Waals surface area contributed by atoms with Crippen LogP contribution in [0.3, 0.4) is 0 Å². The molecule has 0 aliphatic carbocycles. The number of hydrogen-bond donors (Lipinski definition) is 0. The van der Waals surface area contributed by atoms with E-state index in [1.165, 1.54) is 6.20 Å². The van der Waals surface area contributed by atoms with E-state index in [0.717, 1.165) is 0 Å². The Labute approximate surface area is 71.1 Å². The lowest BCUT2D eigenvalue weighted by Crippen LogP contribution is -2.15. The van der Waals surface area contributed by atoms with Gasteiger partial charge < -0.3 is 0 Å². The summed E-state index contributed by atoms with van der Waals surface area (Å²) < 4.78 is 22.2. The Balaban J connectivity index is 3.16. The minimum absolute atomic E-state index is 0.449. The van der Waals surface area contributed by atoms with E-state index in [0.29, 0.717) is 11.5 Å². The van der Waals surface area contributed by atoms with Gasteiger partial charge >= 0.3 is 0 Å². The highest BCUT2D eigenvalue weighted by molar-refractivity contribution is 5.07. The third kappa shape index (κ3) is 1.97. The Morgan fingerprint density at radius 2 is 2.27 bits per heavy atom. The molecule has 0 spiro atoms. The number of aromatic nitrogens is 3. The minimum atomic E-state index is -2.09. The van der Waals surface area contributed by atoms with Gasteiger partial charge in [0.1, 0.15) is 5.82 Å². The van der Waals surface area contributed by atoms with Crippen molar-refractivity contribution in [3.05, 3.63) is 17.7 Å². The molecule has 0 atom stereocenters. The molecular weight excluding hydrogens is 138 g/mol. The number of nitrogens with zero attached hydrogens (tertiary/aromatic N) is 3. The summed E-state index contributed by atoms with van der Waals surface area (Å²) >= 11 is 0. The van der Waals surface area contributed by atoms with Crippen molar-refractivity contribution in [3.63, 3.8) is 0 Å². The van der Waals surface area contributed by atoms with E-state index in [-0.39, 0.29) is 0 Å². The second kappa shape index (κ2) is 2.57. The second-order valence-corrected chi connectivity index (χ2v) is 3.01. The zero-order chi connectivity index (χ0) is 11.0. The zero-order valence-electron chi connectivity index (χ0n) is 9.92. The van der Waals surface area contributed by atoms with E-state index >= 15 is 0 Å². The van der Waals surface area contributed by atoms with Gasteiger partial charge in [-0.25, -0.2) is 4.98 Å². The van der Waals surface area contributed by atoms with Crippen LogP contribution < -0.4 is 0 Å². The van der Waals surface area contributed by atoms with Crippen LogP contribution in [0.25, 0.3) is 0 Å². The molecule has 0 aromatic carbocycles. The van der Waals surface area contributed by atoms with Crippen molar-refractivity contribution < 1.29 is 4.11 Å². The Bertz CT molecular complexity index is 333. The van der Waals surface area contributed by atoms with Gasteiger partial charge in [-0.15, -0.1) is 5.10 Å². The van der Waals surface area contributed by atoms with Crippen molar-refractivity contribution in [2.75, 3.05) is 0 Å². The summed E-state index contributed by atoms with van der Waals surface area (Å²) in [5.41, 5.74) is -0.543. The van der Waals surface area contributed by atoms with Crippen LogP contribution in [0.1, 0.15) is 36.3 Å². The van der Waals surface area contributed by atoms with E-state index < -0.39 is 12.3 Å². The molecule has 0 amide bonds. The summed E-state index contributed by atoms with van der Waals surface area (Å²) in [5, 5.41) is 7.39. The van der Waals surface area contributed by atoms with Crippen LogP contribution in [-0.2, 0) is 5.41 Å². The Morgan fingerprint density at radius 3 is 2.82 bits per heavy atom. The van der Waals surface area contributed by atoms with Crippen LogP contribution in [0, 0.1) is 6.92 Å². The van der Waals surface area contributed by atoms with Gasteiger partial charge in [0.2, 0.25) is 0 Å². The SMILES string of the molecule is [2H]C([2H])([2H])C(C)(C)c1cnnc(C)n1. The first-order valence-electron chi connectivity index (χ1n) is 4.92. The molecule has 1 aromatic rings. The molecule has 60 valence electrons. The standard InChI is InChI=1S/C8H13N3/c1-6-10-7(5-9-11-6)8(2,3)4/h5H,1-4H3/i2D3. The second-order valence-electron chi connectivity index (χ2n) is 3.01. The maximum atomic E-state index is 7.39. The van der Waals surface area contributed by atoms with E-state index in [4.69, 9.17) is 4.11 Å². The molecular formula is C8H13N3. The fourth-order valence-corrected chi connectivity index (χ4v) is 0.694. The lowest BCUT2D eigenvalue weighted by atomic mass is 9.93. The van der Waals surface area contributed by atoms with Crippen LogP contribution in [0.15, 0.2) is 6.20 Å². The molecule has 0 aliphatic rings. The molecule has 3 nitrogen and oxygen atoms in total. The van der Waals surface area contributed by atoms with Crippen molar-refractivity contribution in [2.45, 2.75) is 33.0 Å². The Kier molecular flexibility index (Phi) is 1.12. The van der Waals surface area contributed by atoms with Gasteiger partial charge in [0, 0.05) is 9.53 Å². The van der Waals surface area contributed by atoms with E-state index in [1.807, 2.05) is 0 Å². The molecule has 0 radical (unpaired) electrons. The normalized spacial score (nSPS) is 16.8. The maximum absolute atomic E-state index is 7.39. The molecule has 3 heteroatoms. The minimum Gasteiger partial charge on any atom is -0.234 e. The molecule has 0 saturated carbocycles. The molecule has 0 bridgehead atoms. The first-order chi connectivity index (χ1) is 6.25. The molecule has 1 aromatic heterocycles. The summed E-state index contributed by atoms with van der Waals surface area (Å²) in [6, 6.07) is 0. The highest BCUT2D eigenvalue weighted by atomic mass is 15.1. The van der Waals surface area contributed by atoms with Crippen molar-refractivity contribution in [1.29, 1.82) is 0 Å². The van der Waals surface area contributed by atoms with Crippen LogP contribution >= 0.6 is 0 Å². The smallest absolute Gasteiger partial charge is 0.148 e. The molecule has 1 rings (SSSR count). The summed E-state index contributed by atoms with van der Waals surface area (Å²) in [5.74, 6) is 0.486. The topological polar surface area (TPSA) is 38.7 Å². The van der Waals surface area contributed by atoms with Crippen LogP contribution in [0.5, 0.6) is 0 Å². The quantitative estimate of drug-likeness (QED) is 0.568. The van der Waals surface area contributed by atoms with Gasteiger partial charge in [0.15, 0.2) is 0 Å². The van der Waals surface area contributed by atoms with Gasteiger partial charge in [-0.1, -0.05) is 20.7 Å². The predicted octanol–water partition coefficient (Wildman–Crippen LogP) is 1.48. The molecule has 0 N–H and O–H groups in total. The Hall–Kier alpha value is -0.990. The first kappa shape index (κ1) is 4.80. The molecule has 0 unspecified atom stereocenters. The largest absolute Gasteiger partial charge is 0.234 e. The Morgan fingerprint density at radius 1 is 1.55 bits per heavy atom. The van der Waals surface area contributed by atoms with Crippen LogP contribution in [0.2, 0.25) is 0 Å². The molecule has 11 heavy (non-hydrogen) atoms. The molecule has 0 fully saturated rings. The fourth-order valence-electron chi connectivity index (χ4n) is 0.694. The fraction of sp³-hybridized carbons (Fsp3) is 0.625. The summed E-state index contributed by atoms with van der Waals surface area (Å²) in [4.78, 5) is 4.08. The number of rotatable bonds is 0. The predicted molar refractivity (Wildman–Crippen MR) is 43.3 cm³/mol. The average molecular weight is 154 g/mol.